The zero-order chi connectivity index (χ0) is 25.5. The van der Waals surface area contributed by atoms with Gasteiger partial charge in [-0.3, -0.25) is 10.1 Å². The summed E-state index contributed by atoms with van der Waals surface area (Å²) in [5.74, 6) is 0.953. The molecule has 38 heavy (non-hydrogen) atoms. The van der Waals surface area contributed by atoms with Crippen molar-refractivity contribution in [3.8, 4) is 33.1 Å². The van der Waals surface area contributed by atoms with Crippen LogP contribution in [0.15, 0.2) is 60.4 Å². The summed E-state index contributed by atoms with van der Waals surface area (Å²) >= 11 is 1.65. The van der Waals surface area contributed by atoms with Gasteiger partial charge in [0.2, 0.25) is 0 Å². The van der Waals surface area contributed by atoms with Crippen molar-refractivity contribution in [1.82, 2.24) is 35.5 Å². The number of fused-ring (bicyclic) bond motifs is 2. The summed E-state index contributed by atoms with van der Waals surface area (Å²) in [6.07, 6.45) is 10.7. The molecule has 1 fully saturated rings. The Bertz CT molecular complexity index is 1730. The van der Waals surface area contributed by atoms with Gasteiger partial charge in [0, 0.05) is 46.5 Å². The Labute approximate surface area is 222 Å². The number of aromatic amines is 2. The number of nitrogens with zero attached hydrogens (tertiary/aromatic N) is 4. The van der Waals surface area contributed by atoms with Crippen LogP contribution in [0.3, 0.4) is 0 Å². The van der Waals surface area contributed by atoms with Gasteiger partial charge >= 0.3 is 0 Å². The van der Waals surface area contributed by atoms with E-state index in [-0.39, 0.29) is 5.82 Å². The molecule has 0 bridgehead atoms. The predicted octanol–water partition coefficient (Wildman–Crippen LogP) is 6.71. The Kier molecular flexibility index (Phi) is 5.94. The first kappa shape index (κ1) is 23.2. The largest absolute Gasteiger partial charge is 0.321 e. The van der Waals surface area contributed by atoms with Crippen molar-refractivity contribution < 1.29 is 4.39 Å². The van der Waals surface area contributed by atoms with E-state index in [1.54, 1.807) is 23.7 Å². The van der Waals surface area contributed by atoms with Gasteiger partial charge in [-0.05, 0) is 72.1 Å². The lowest BCUT2D eigenvalue weighted by atomic mass is 10.0. The standard InChI is InChI=1S/C29H26FN7S/c30-23-12-19(20-10-18(15-32-16-20)14-31-13-17-4-1-2-5-17)11-22-25(23)36-37-27(22)29-34-26-21(24-6-3-9-38-24)7-8-33-28(26)35-29/h3,6-12,15-17,31H,1-2,4-5,13-14H2,(H,36,37)(H,33,34,35). The summed E-state index contributed by atoms with van der Waals surface area (Å²) in [4.78, 5) is 18.1. The maximum Gasteiger partial charge on any atom is 0.160 e. The van der Waals surface area contributed by atoms with Crippen molar-refractivity contribution in [3.05, 3.63) is 71.7 Å². The van der Waals surface area contributed by atoms with Crippen LogP contribution in [0.5, 0.6) is 0 Å². The Morgan fingerprint density at radius 1 is 1.08 bits per heavy atom. The SMILES string of the molecule is Fc1cc(-c2cncc(CNCC3CCCC3)c2)cc2c(-c3nc4c(-c5cccs5)ccnc4[nH]3)n[nH]c12. The number of imidazole rings is 1. The second kappa shape index (κ2) is 9.74. The topological polar surface area (TPSA) is 95.2 Å². The highest BCUT2D eigenvalue weighted by molar-refractivity contribution is 7.13. The Morgan fingerprint density at radius 2 is 2.00 bits per heavy atom. The molecule has 9 heteroatoms. The second-order valence-corrected chi connectivity index (χ2v) is 10.9. The minimum atomic E-state index is -0.366. The van der Waals surface area contributed by atoms with Crippen LogP contribution in [0.4, 0.5) is 4.39 Å². The number of nitrogens with one attached hydrogen (secondary N) is 3. The fourth-order valence-corrected chi connectivity index (χ4v) is 6.21. The van der Waals surface area contributed by atoms with Crippen molar-refractivity contribution in [2.75, 3.05) is 6.54 Å². The molecule has 0 saturated heterocycles. The number of aromatic nitrogens is 6. The maximum absolute atomic E-state index is 15.2. The van der Waals surface area contributed by atoms with E-state index < -0.39 is 0 Å². The molecule has 1 aliphatic rings. The number of rotatable bonds is 7. The van der Waals surface area contributed by atoms with Gasteiger partial charge in [-0.2, -0.15) is 5.10 Å². The molecule has 6 aromatic rings. The first-order valence-electron chi connectivity index (χ1n) is 12.9. The molecule has 5 aromatic heterocycles. The number of thiophene rings is 1. The summed E-state index contributed by atoms with van der Waals surface area (Å²) in [5.41, 5.74) is 6.03. The highest BCUT2D eigenvalue weighted by Gasteiger charge is 2.19. The zero-order valence-electron chi connectivity index (χ0n) is 20.7. The number of pyridine rings is 2. The zero-order valence-corrected chi connectivity index (χ0v) is 21.5. The number of hydrogen-bond donors (Lipinski definition) is 3. The van der Waals surface area contributed by atoms with Gasteiger partial charge in [0.25, 0.3) is 0 Å². The minimum absolute atomic E-state index is 0.345. The molecule has 0 atom stereocenters. The van der Waals surface area contributed by atoms with E-state index in [0.29, 0.717) is 28.1 Å². The molecule has 0 amide bonds. The first-order valence-corrected chi connectivity index (χ1v) is 13.8. The van der Waals surface area contributed by atoms with Gasteiger partial charge in [0.15, 0.2) is 11.5 Å². The van der Waals surface area contributed by atoms with Crippen LogP contribution in [0.25, 0.3) is 55.2 Å². The van der Waals surface area contributed by atoms with Crippen molar-refractivity contribution in [2.24, 2.45) is 5.92 Å². The Hall–Kier alpha value is -3.95. The van der Waals surface area contributed by atoms with Gasteiger partial charge in [0.1, 0.15) is 22.5 Å². The van der Waals surface area contributed by atoms with Gasteiger partial charge < -0.3 is 10.3 Å². The van der Waals surface area contributed by atoms with Crippen LogP contribution in [-0.4, -0.2) is 36.7 Å². The monoisotopic (exact) mass is 523 g/mol. The van der Waals surface area contributed by atoms with Crippen LogP contribution in [0.2, 0.25) is 0 Å². The highest BCUT2D eigenvalue weighted by atomic mass is 32.1. The molecule has 0 unspecified atom stereocenters. The van der Waals surface area contributed by atoms with Crippen LogP contribution < -0.4 is 5.32 Å². The molecular weight excluding hydrogens is 497 g/mol. The summed E-state index contributed by atoms with van der Waals surface area (Å²) < 4.78 is 15.2. The molecule has 7 nitrogen and oxygen atoms in total. The average Bonchev–Trinajstić information content (AvgIpc) is 3.75. The van der Waals surface area contributed by atoms with E-state index in [4.69, 9.17) is 4.98 Å². The summed E-state index contributed by atoms with van der Waals surface area (Å²) in [5, 5.41) is 13.6. The molecular formula is C29H26FN7S. The van der Waals surface area contributed by atoms with Crippen molar-refractivity contribution >= 4 is 33.4 Å². The lowest BCUT2D eigenvalue weighted by molar-refractivity contribution is 0.489. The van der Waals surface area contributed by atoms with E-state index in [1.807, 2.05) is 29.8 Å². The first-order chi connectivity index (χ1) is 18.7. The third-order valence-corrected chi connectivity index (χ3v) is 8.29. The fraction of sp³-hybridized carbons (Fsp3) is 0.241. The van der Waals surface area contributed by atoms with Crippen LogP contribution in [0, 0.1) is 11.7 Å². The van der Waals surface area contributed by atoms with Crippen LogP contribution >= 0.6 is 11.3 Å². The van der Waals surface area contributed by atoms with Crippen LogP contribution in [0.1, 0.15) is 31.2 Å². The predicted molar refractivity (Wildman–Crippen MR) is 149 cm³/mol. The maximum atomic E-state index is 15.2. The average molecular weight is 524 g/mol. The van der Waals surface area contributed by atoms with Gasteiger partial charge in [0.05, 0.1) is 0 Å². The van der Waals surface area contributed by atoms with Crippen molar-refractivity contribution in [2.45, 2.75) is 32.2 Å². The molecule has 190 valence electrons. The van der Waals surface area contributed by atoms with Gasteiger partial charge in [-0.1, -0.05) is 18.9 Å². The van der Waals surface area contributed by atoms with E-state index in [2.05, 4.69) is 42.6 Å². The minimum Gasteiger partial charge on any atom is -0.321 e. The third kappa shape index (κ3) is 4.27. The second-order valence-electron chi connectivity index (χ2n) is 9.93. The number of H-pyrrole nitrogens is 2. The highest BCUT2D eigenvalue weighted by Crippen LogP contribution is 2.35. The normalized spacial score (nSPS) is 14.2. The molecule has 1 aliphatic carbocycles. The van der Waals surface area contributed by atoms with Crippen molar-refractivity contribution in [3.63, 3.8) is 0 Å². The van der Waals surface area contributed by atoms with Crippen molar-refractivity contribution in [1.29, 1.82) is 0 Å². The lowest BCUT2D eigenvalue weighted by Crippen LogP contribution is -2.20. The third-order valence-electron chi connectivity index (χ3n) is 7.39. The Morgan fingerprint density at radius 3 is 2.87 bits per heavy atom. The molecule has 5 heterocycles. The number of hydrogen-bond acceptors (Lipinski definition) is 6. The van der Waals surface area contributed by atoms with Crippen LogP contribution in [-0.2, 0) is 6.54 Å². The van der Waals surface area contributed by atoms with E-state index >= 15 is 4.39 Å². The Balaban J connectivity index is 1.23. The summed E-state index contributed by atoms with van der Waals surface area (Å²) in [6.45, 7) is 1.78. The number of halogens is 1. The van der Waals surface area contributed by atoms with Gasteiger partial charge in [-0.25, -0.2) is 14.4 Å². The molecule has 0 radical (unpaired) electrons. The smallest absolute Gasteiger partial charge is 0.160 e. The van der Waals surface area contributed by atoms with Gasteiger partial charge in [-0.15, -0.1) is 11.3 Å². The summed E-state index contributed by atoms with van der Waals surface area (Å²) in [6, 6.07) is 11.6. The molecule has 1 saturated carbocycles. The quantitative estimate of drug-likeness (QED) is 0.216. The molecule has 7 rings (SSSR count). The fourth-order valence-electron chi connectivity index (χ4n) is 5.46. The lowest BCUT2D eigenvalue weighted by Gasteiger charge is -2.11. The van der Waals surface area contributed by atoms with E-state index in [9.17, 15) is 0 Å². The summed E-state index contributed by atoms with van der Waals surface area (Å²) in [7, 11) is 0. The van der Waals surface area contributed by atoms with E-state index in [1.165, 1.54) is 31.7 Å². The molecule has 0 aliphatic heterocycles. The number of benzene rings is 1. The molecule has 1 aromatic carbocycles. The molecule has 0 spiro atoms. The molecule has 3 N–H and O–H groups in total. The van der Waals surface area contributed by atoms with E-state index in [0.717, 1.165) is 51.7 Å².